The van der Waals surface area contributed by atoms with Crippen LogP contribution in [0.15, 0.2) is 18.5 Å². The third-order valence-corrected chi connectivity index (χ3v) is 1.15. The van der Waals surface area contributed by atoms with Gasteiger partial charge in [-0.3, -0.25) is 4.68 Å². The summed E-state index contributed by atoms with van der Waals surface area (Å²) in [5.41, 5.74) is 5.30. The summed E-state index contributed by atoms with van der Waals surface area (Å²) in [5, 5.41) is 4.01. The van der Waals surface area contributed by atoms with Crippen molar-refractivity contribution in [1.29, 1.82) is 0 Å². The van der Waals surface area contributed by atoms with Crippen molar-refractivity contribution in [2.45, 2.75) is 13.0 Å². The van der Waals surface area contributed by atoms with E-state index in [9.17, 15) is 0 Å². The Labute approximate surface area is 54.5 Å². The summed E-state index contributed by atoms with van der Waals surface area (Å²) in [4.78, 5) is 0. The van der Waals surface area contributed by atoms with Crippen molar-refractivity contribution in [3.05, 3.63) is 18.5 Å². The van der Waals surface area contributed by atoms with E-state index >= 15 is 0 Å². The zero-order valence-electron chi connectivity index (χ0n) is 5.33. The molecule has 3 heteroatoms. The minimum absolute atomic E-state index is 0.736. The molecule has 1 heterocycles. The molecule has 1 rings (SSSR count). The molecule has 1 aromatic heterocycles. The van der Waals surface area contributed by atoms with Gasteiger partial charge in [0, 0.05) is 18.9 Å². The molecule has 0 amide bonds. The van der Waals surface area contributed by atoms with E-state index in [1.807, 2.05) is 16.9 Å². The van der Waals surface area contributed by atoms with E-state index in [1.165, 1.54) is 0 Å². The molecule has 0 saturated carbocycles. The highest BCUT2D eigenvalue weighted by atomic mass is 15.3. The van der Waals surface area contributed by atoms with Crippen LogP contribution in [0.2, 0.25) is 0 Å². The first-order valence-electron chi connectivity index (χ1n) is 3.11. The molecule has 0 aliphatic rings. The van der Waals surface area contributed by atoms with Gasteiger partial charge in [-0.05, 0) is 19.0 Å². The average Bonchev–Trinajstić information content (AvgIpc) is 2.34. The summed E-state index contributed by atoms with van der Waals surface area (Å²) >= 11 is 0. The summed E-state index contributed by atoms with van der Waals surface area (Å²) in [6.07, 6.45) is 4.72. The molecular weight excluding hydrogens is 114 g/mol. The van der Waals surface area contributed by atoms with Crippen LogP contribution in [0, 0.1) is 0 Å². The zero-order chi connectivity index (χ0) is 6.53. The van der Waals surface area contributed by atoms with Crippen molar-refractivity contribution in [2.75, 3.05) is 6.54 Å². The number of rotatable bonds is 3. The molecular formula is C6H11N3. The van der Waals surface area contributed by atoms with Crippen molar-refractivity contribution in [3.63, 3.8) is 0 Å². The highest BCUT2D eigenvalue weighted by Crippen LogP contribution is 1.85. The normalized spacial score (nSPS) is 9.89. The Morgan fingerprint density at radius 1 is 1.56 bits per heavy atom. The lowest BCUT2D eigenvalue weighted by Crippen LogP contribution is -2.05. The predicted octanol–water partition coefficient (Wildman–Crippen LogP) is 0.232. The maximum absolute atomic E-state index is 5.30. The summed E-state index contributed by atoms with van der Waals surface area (Å²) in [5.74, 6) is 0. The second kappa shape index (κ2) is 3.25. The largest absolute Gasteiger partial charge is 0.330 e. The van der Waals surface area contributed by atoms with E-state index in [2.05, 4.69) is 5.10 Å². The van der Waals surface area contributed by atoms with E-state index in [0.717, 1.165) is 19.5 Å². The fraction of sp³-hybridized carbons (Fsp3) is 0.500. The van der Waals surface area contributed by atoms with Gasteiger partial charge in [0.15, 0.2) is 0 Å². The van der Waals surface area contributed by atoms with Gasteiger partial charge in [0.2, 0.25) is 0 Å². The fourth-order valence-corrected chi connectivity index (χ4v) is 0.686. The summed E-state index contributed by atoms with van der Waals surface area (Å²) in [6, 6.07) is 1.91. The summed E-state index contributed by atoms with van der Waals surface area (Å²) in [6.45, 7) is 1.67. The van der Waals surface area contributed by atoms with Gasteiger partial charge in [0.05, 0.1) is 0 Å². The number of hydrogen-bond acceptors (Lipinski definition) is 2. The van der Waals surface area contributed by atoms with E-state index in [0.29, 0.717) is 0 Å². The molecule has 0 saturated heterocycles. The van der Waals surface area contributed by atoms with E-state index < -0.39 is 0 Å². The van der Waals surface area contributed by atoms with Gasteiger partial charge in [-0.2, -0.15) is 5.10 Å². The molecule has 0 spiro atoms. The molecule has 0 radical (unpaired) electrons. The highest BCUT2D eigenvalue weighted by molar-refractivity contribution is 4.77. The lowest BCUT2D eigenvalue weighted by atomic mass is 10.4. The molecule has 0 aliphatic carbocycles. The minimum Gasteiger partial charge on any atom is -0.330 e. The van der Waals surface area contributed by atoms with Crippen LogP contribution in [0.1, 0.15) is 6.42 Å². The highest BCUT2D eigenvalue weighted by Gasteiger charge is 1.85. The van der Waals surface area contributed by atoms with Crippen molar-refractivity contribution in [1.82, 2.24) is 9.78 Å². The minimum atomic E-state index is 0.736. The van der Waals surface area contributed by atoms with Gasteiger partial charge in [-0.15, -0.1) is 0 Å². The average molecular weight is 125 g/mol. The topological polar surface area (TPSA) is 43.8 Å². The predicted molar refractivity (Wildman–Crippen MR) is 35.9 cm³/mol. The third kappa shape index (κ3) is 1.85. The van der Waals surface area contributed by atoms with Gasteiger partial charge in [0.25, 0.3) is 0 Å². The second-order valence-electron chi connectivity index (χ2n) is 1.91. The molecule has 0 fully saturated rings. The van der Waals surface area contributed by atoms with Crippen LogP contribution >= 0.6 is 0 Å². The van der Waals surface area contributed by atoms with Crippen molar-refractivity contribution in [3.8, 4) is 0 Å². The molecule has 0 bridgehead atoms. The van der Waals surface area contributed by atoms with Gasteiger partial charge >= 0.3 is 0 Å². The van der Waals surface area contributed by atoms with Crippen LogP contribution in [-0.4, -0.2) is 16.3 Å². The molecule has 3 nitrogen and oxygen atoms in total. The standard InChI is InChI=1S/C6H11N3/c7-3-1-5-9-6-2-4-8-9/h2,4,6H,1,3,5,7H2. The Balaban J connectivity index is 2.30. The van der Waals surface area contributed by atoms with E-state index in [1.54, 1.807) is 6.20 Å². The van der Waals surface area contributed by atoms with Crippen molar-refractivity contribution < 1.29 is 0 Å². The van der Waals surface area contributed by atoms with Crippen LogP contribution in [0.4, 0.5) is 0 Å². The Morgan fingerprint density at radius 3 is 3.00 bits per heavy atom. The van der Waals surface area contributed by atoms with Gasteiger partial charge in [0.1, 0.15) is 0 Å². The Hall–Kier alpha value is -0.830. The summed E-state index contributed by atoms with van der Waals surface area (Å²) < 4.78 is 1.88. The van der Waals surface area contributed by atoms with Crippen molar-refractivity contribution in [2.24, 2.45) is 5.73 Å². The number of nitrogens with zero attached hydrogens (tertiary/aromatic N) is 2. The lowest BCUT2D eigenvalue weighted by molar-refractivity contribution is 0.585. The quantitative estimate of drug-likeness (QED) is 0.628. The van der Waals surface area contributed by atoms with Crippen LogP contribution in [0.25, 0.3) is 0 Å². The Bertz CT molecular complexity index is 145. The zero-order valence-corrected chi connectivity index (χ0v) is 5.33. The van der Waals surface area contributed by atoms with E-state index in [-0.39, 0.29) is 0 Å². The van der Waals surface area contributed by atoms with Crippen LogP contribution in [-0.2, 0) is 6.54 Å². The first kappa shape index (κ1) is 6.29. The molecule has 0 unspecified atom stereocenters. The summed E-state index contributed by atoms with van der Waals surface area (Å²) in [7, 11) is 0. The molecule has 2 N–H and O–H groups in total. The Morgan fingerprint density at radius 2 is 2.44 bits per heavy atom. The first-order valence-corrected chi connectivity index (χ1v) is 3.11. The number of aromatic nitrogens is 2. The molecule has 1 aromatic rings. The number of hydrogen-bond donors (Lipinski definition) is 1. The lowest BCUT2D eigenvalue weighted by Gasteiger charge is -1.96. The van der Waals surface area contributed by atoms with Gasteiger partial charge < -0.3 is 5.73 Å². The maximum atomic E-state index is 5.30. The van der Waals surface area contributed by atoms with Gasteiger partial charge in [-0.1, -0.05) is 0 Å². The first-order chi connectivity index (χ1) is 4.43. The molecule has 9 heavy (non-hydrogen) atoms. The SMILES string of the molecule is NCCCn1cccn1. The van der Waals surface area contributed by atoms with Crippen LogP contribution in [0.5, 0.6) is 0 Å². The molecule has 0 aliphatic heterocycles. The maximum Gasteiger partial charge on any atom is 0.0489 e. The molecule has 0 aromatic carbocycles. The fourth-order valence-electron chi connectivity index (χ4n) is 0.686. The van der Waals surface area contributed by atoms with Gasteiger partial charge in [-0.25, -0.2) is 0 Å². The molecule has 50 valence electrons. The third-order valence-electron chi connectivity index (χ3n) is 1.15. The van der Waals surface area contributed by atoms with Crippen LogP contribution in [0.3, 0.4) is 0 Å². The smallest absolute Gasteiger partial charge is 0.0489 e. The number of nitrogens with two attached hydrogens (primary N) is 1. The molecule has 0 atom stereocenters. The second-order valence-corrected chi connectivity index (χ2v) is 1.91. The van der Waals surface area contributed by atoms with Crippen molar-refractivity contribution >= 4 is 0 Å². The van der Waals surface area contributed by atoms with Crippen LogP contribution < -0.4 is 5.73 Å². The van der Waals surface area contributed by atoms with E-state index in [4.69, 9.17) is 5.73 Å². The number of aryl methyl sites for hydroxylation is 1. The Kier molecular flexibility index (Phi) is 2.27. The monoisotopic (exact) mass is 125 g/mol.